The Balaban J connectivity index is 2.32. The maximum absolute atomic E-state index is 11.3. The van der Waals surface area contributed by atoms with E-state index in [-0.39, 0.29) is 5.69 Å². The molecule has 0 aromatic carbocycles. The molecular weight excluding hydrogens is 228 g/mol. The van der Waals surface area contributed by atoms with Crippen LogP contribution in [0.5, 0.6) is 0 Å². The van der Waals surface area contributed by atoms with E-state index in [1.54, 1.807) is 6.20 Å². The molecule has 0 fully saturated rings. The van der Waals surface area contributed by atoms with Crippen LogP contribution in [0.25, 0.3) is 0 Å². The van der Waals surface area contributed by atoms with Gasteiger partial charge in [0.25, 0.3) is 0 Å². The molecule has 0 amide bonds. The molecule has 0 aliphatic rings. The quantitative estimate of drug-likeness (QED) is 0.719. The maximum Gasteiger partial charge on any atom is 0.347 e. The molecule has 16 heavy (non-hydrogen) atoms. The van der Waals surface area contributed by atoms with Gasteiger partial charge < -0.3 is 10.2 Å². The van der Waals surface area contributed by atoms with E-state index >= 15 is 0 Å². The van der Waals surface area contributed by atoms with Crippen molar-refractivity contribution in [3.05, 3.63) is 27.9 Å². The predicted molar refractivity (Wildman–Crippen MR) is 64.9 cm³/mol. The van der Waals surface area contributed by atoms with Gasteiger partial charge in [-0.1, -0.05) is 11.6 Å². The van der Waals surface area contributed by atoms with E-state index in [4.69, 9.17) is 11.6 Å². The van der Waals surface area contributed by atoms with Gasteiger partial charge in [0.2, 0.25) is 0 Å². The molecule has 5 nitrogen and oxygen atoms in total. The zero-order valence-corrected chi connectivity index (χ0v) is 10.4. The Kier molecular flexibility index (Phi) is 5.45. The van der Waals surface area contributed by atoms with Gasteiger partial charge in [-0.3, -0.25) is 4.57 Å². The predicted octanol–water partition coefficient (Wildman–Crippen LogP) is 0.0479. The van der Waals surface area contributed by atoms with Crippen LogP contribution in [0.15, 0.2) is 17.2 Å². The lowest BCUT2D eigenvalue weighted by Gasteiger charge is -2.10. The number of nitrogens with zero attached hydrogens (tertiary/aromatic N) is 3. The molecule has 0 saturated heterocycles. The standard InChI is InChI=1S/C10H17ClN4O/c1-14(2)5-3-12-4-6-15-8-9(11)7-13-10(15)16/h7-8,12H,3-6H2,1-2H3. The minimum absolute atomic E-state index is 0.265. The van der Waals surface area contributed by atoms with Gasteiger partial charge in [-0.2, -0.15) is 0 Å². The lowest BCUT2D eigenvalue weighted by molar-refractivity contribution is 0.397. The van der Waals surface area contributed by atoms with E-state index in [2.05, 4.69) is 15.2 Å². The molecular formula is C10H17ClN4O. The third-order valence-electron chi connectivity index (χ3n) is 2.09. The van der Waals surface area contributed by atoms with Crippen LogP contribution in [0, 0.1) is 0 Å². The molecule has 0 bridgehead atoms. The molecule has 1 N–H and O–H groups in total. The topological polar surface area (TPSA) is 50.2 Å². The van der Waals surface area contributed by atoms with Gasteiger partial charge in [-0.15, -0.1) is 0 Å². The molecule has 0 unspecified atom stereocenters. The van der Waals surface area contributed by atoms with Crippen LogP contribution in [0.3, 0.4) is 0 Å². The van der Waals surface area contributed by atoms with E-state index in [1.165, 1.54) is 10.8 Å². The fourth-order valence-electron chi connectivity index (χ4n) is 1.22. The van der Waals surface area contributed by atoms with Crippen molar-refractivity contribution in [1.29, 1.82) is 0 Å². The largest absolute Gasteiger partial charge is 0.347 e. The van der Waals surface area contributed by atoms with E-state index in [0.29, 0.717) is 11.6 Å². The van der Waals surface area contributed by atoms with E-state index in [1.807, 2.05) is 14.1 Å². The van der Waals surface area contributed by atoms with Gasteiger partial charge >= 0.3 is 5.69 Å². The lowest BCUT2D eigenvalue weighted by Crippen LogP contribution is -2.31. The zero-order chi connectivity index (χ0) is 12.0. The summed E-state index contributed by atoms with van der Waals surface area (Å²) in [7, 11) is 4.04. The minimum Gasteiger partial charge on any atom is -0.314 e. The molecule has 0 aliphatic carbocycles. The van der Waals surface area contributed by atoms with Gasteiger partial charge in [-0.05, 0) is 14.1 Å². The van der Waals surface area contributed by atoms with E-state index in [0.717, 1.165) is 19.6 Å². The number of likely N-dealkylation sites (N-methyl/N-ethyl adjacent to an activating group) is 1. The molecule has 0 radical (unpaired) electrons. The molecule has 0 saturated carbocycles. The van der Waals surface area contributed by atoms with Crippen molar-refractivity contribution in [2.75, 3.05) is 33.7 Å². The maximum atomic E-state index is 11.3. The number of hydrogen-bond donors (Lipinski definition) is 1. The van der Waals surface area contributed by atoms with Gasteiger partial charge in [0.05, 0.1) is 11.2 Å². The van der Waals surface area contributed by atoms with Gasteiger partial charge in [0, 0.05) is 32.4 Å². The first-order chi connectivity index (χ1) is 7.59. The smallest absolute Gasteiger partial charge is 0.314 e. The summed E-state index contributed by atoms with van der Waals surface area (Å²) >= 11 is 5.75. The van der Waals surface area contributed by atoms with E-state index in [9.17, 15) is 4.79 Å². The van der Waals surface area contributed by atoms with Crippen molar-refractivity contribution in [2.45, 2.75) is 6.54 Å². The van der Waals surface area contributed by atoms with Crippen LogP contribution in [-0.2, 0) is 6.54 Å². The summed E-state index contributed by atoms with van der Waals surface area (Å²) in [6, 6.07) is 0. The van der Waals surface area contributed by atoms with Gasteiger partial charge in [0.1, 0.15) is 0 Å². The van der Waals surface area contributed by atoms with Crippen molar-refractivity contribution in [3.63, 3.8) is 0 Å². The molecule has 1 rings (SSSR count). The molecule has 1 heterocycles. The number of aromatic nitrogens is 2. The molecule has 0 spiro atoms. The van der Waals surface area contributed by atoms with Crippen LogP contribution in [0.4, 0.5) is 0 Å². The molecule has 90 valence electrons. The van der Waals surface area contributed by atoms with Crippen LogP contribution in [0.2, 0.25) is 5.02 Å². The highest BCUT2D eigenvalue weighted by atomic mass is 35.5. The zero-order valence-electron chi connectivity index (χ0n) is 9.61. The molecule has 0 atom stereocenters. The van der Waals surface area contributed by atoms with Crippen LogP contribution < -0.4 is 11.0 Å². The second kappa shape index (κ2) is 6.62. The summed E-state index contributed by atoms with van der Waals surface area (Å²) in [6.07, 6.45) is 2.96. The second-order valence-corrected chi connectivity index (χ2v) is 4.24. The number of rotatable bonds is 6. The Morgan fingerprint density at radius 1 is 1.50 bits per heavy atom. The lowest BCUT2D eigenvalue weighted by atomic mass is 10.5. The fourth-order valence-corrected chi connectivity index (χ4v) is 1.38. The Bertz CT molecular complexity index is 377. The third kappa shape index (κ3) is 4.74. The monoisotopic (exact) mass is 244 g/mol. The third-order valence-corrected chi connectivity index (χ3v) is 2.28. The Morgan fingerprint density at radius 2 is 2.25 bits per heavy atom. The summed E-state index contributed by atoms with van der Waals surface area (Å²) < 4.78 is 1.50. The second-order valence-electron chi connectivity index (χ2n) is 3.80. The number of nitrogens with one attached hydrogen (secondary N) is 1. The van der Waals surface area contributed by atoms with Crippen molar-refractivity contribution in [3.8, 4) is 0 Å². The highest BCUT2D eigenvalue weighted by Crippen LogP contribution is 2.00. The molecule has 1 aromatic heterocycles. The fraction of sp³-hybridized carbons (Fsp3) is 0.600. The van der Waals surface area contributed by atoms with Crippen molar-refractivity contribution in [1.82, 2.24) is 19.8 Å². The Hall–Kier alpha value is -0.910. The number of halogens is 1. The van der Waals surface area contributed by atoms with Gasteiger partial charge in [-0.25, -0.2) is 9.78 Å². The van der Waals surface area contributed by atoms with E-state index < -0.39 is 0 Å². The normalized spacial score (nSPS) is 11.0. The Labute approximate surface area is 100 Å². The summed E-state index contributed by atoms with van der Waals surface area (Å²) in [5.41, 5.74) is -0.265. The minimum atomic E-state index is -0.265. The first-order valence-electron chi connectivity index (χ1n) is 5.17. The van der Waals surface area contributed by atoms with Crippen LogP contribution in [-0.4, -0.2) is 48.2 Å². The van der Waals surface area contributed by atoms with Crippen molar-refractivity contribution in [2.24, 2.45) is 0 Å². The highest BCUT2D eigenvalue weighted by molar-refractivity contribution is 6.30. The first kappa shape index (κ1) is 13.2. The van der Waals surface area contributed by atoms with Crippen molar-refractivity contribution < 1.29 is 0 Å². The van der Waals surface area contributed by atoms with Crippen LogP contribution >= 0.6 is 11.6 Å². The number of hydrogen-bond acceptors (Lipinski definition) is 4. The average molecular weight is 245 g/mol. The average Bonchev–Trinajstić information content (AvgIpc) is 2.22. The Morgan fingerprint density at radius 3 is 2.94 bits per heavy atom. The first-order valence-corrected chi connectivity index (χ1v) is 5.55. The molecule has 6 heteroatoms. The molecule has 1 aromatic rings. The highest BCUT2D eigenvalue weighted by Gasteiger charge is 1.97. The SMILES string of the molecule is CN(C)CCNCCn1cc(Cl)cnc1=O. The van der Waals surface area contributed by atoms with Gasteiger partial charge in [0.15, 0.2) is 0 Å². The van der Waals surface area contributed by atoms with Crippen molar-refractivity contribution >= 4 is 11.6 Å². The molecule has 0 aliphatic heterocycles. The summed E-state index contributed by atoms with van der Waals surface area (Å²) in [5, 5.41) is 3.72. The van der Waals surface area contributed by atoms with Crippen LogP contribution in [0.1, 0.15) is 0 Å². The summed E-state index contributed by atoms with van der Waals surface area (Å²) in [4.78, 5) is 17.0. The summed E-state index contributed by atoms with van der Waals surface area (Å²) in [5.74, 6) is 0. The summed E-state index contributed by atoms with van der Waals surface area (Å²) in [6.45, 7) is 3.19.